The molecule has 0 aliphatic rings. The van der Waals surface area contributed by atoms with Crippen molar-refractivity contribution in [3.05, 3.63) is 188 Å². The molecule has 0 aliphatic heterocycles. The van der Waals surface area contributed by atoms with E-state index in [-0.39, 0.29) is 0 Å². The largest absolute Gasteiger partial charge is 0.235 e. The Morgan fingerprint density at radius 2 is 0.964 bits per heavy atom. The zero-order valence-corrected chi connectivity index (χ0v) is 31.6. The van der Waals surface area contributed by atoms with Crippen molar-refractivity contribution in [3.63, 3.8) is 0 Å². The molecule has 0 aliphatic carbocycles. The highest BCUT2D eigenvalue weighted by atomic mass is 32.2. The number of nitrogens with zero attached hydrogens (tertiary/aromatic N) is 5. The van der Waals surface area contributed by atoms with Crippen LogP contribution in [0.2, 0.25) is 0 Å². The second kappa shape index (κ2) is 14.8. The smallest absolute Gasteiger partial charge is 0.164 e. The standard InChI is InChI=1S/C49H31N5S2/c1-5-15-32(16-6-1)35-21-13-22-36(29-35)47-52-46(34-19-9-3-10-20-34)53-48(54-47)37-27-28-39-40-25-14-26-41(45(40)56-42(39)30-37)49-50-31-43(55-38-23-11-4-12-24-38)44(51-49)33-17-7-2-8-18-33/h1-31H. The van der Waals surface area contributed by atoms with E-state index in [0.29, 0.717) is 23.3 Å². The van der Waals surface area contributed by atoms with Crippen LogP contribution in [0.25, 0.3) is 88.1 Å². The van der Waals surface area contributed by atoms with Crippen LogP contribution in [0, 0.1) is 0 Å². The van der Waals surface area contributed by atoms with E-state index in [1.165, 1.54) is 10.8 Å². The Balaban J connectivity index is 1.08. The fraction of sp³-hybridized carbons (Fsp3) is 0. The van der Waals surface area contributed by atoms with Crippen LogP contribution >= 0.6 is 23.1 Å². The minimum Gasteiger partial charge on any atom is -0.235 e. The van der Waals surface area contributed by atoms with E-state index in [2.05, 4.69) is 133 Å². The molecule has 0 radical (unpaired) electrons. The lowest BCUT2D eigenvalue weighted by molar-refractivity contribution is 1.07. The molecule has 0 fully saturated rings. The van der Waals surface area contributed by atoms with Crippen molar-refractivity contribution in [2.45, 2.75) is 9.79 Å². The highest BCUT2D eigenvalue weighted by Crippen LogP contribution is 2.42. The molecular formula is C49H31N5S2. The highest BCUT2D eigenvalue weighted by molar-refractivity contribution is 7.99. The molecule has 0 saturated carbocycles. The zero-order valence-electron chi connectivity index (χ0n) is 30.0. The van der Waals surface area contributed by atoms with Gasteiger partial charge in [0.25, 0.3) is 0 Å². The van der Waals surface area contributed by atoms with E-state index in [9.17, 15) is 0 Å². The molecule has 0 N–H and O–H groups in total. The lowest BCUT2D eigenvalue weighted by Crippen LogP contribution is -2.00. The molecule has 0 saturated heterocycles. The maximum Gasteiger partial charge on any atom is 0.164 e. The summed E-state index contributed by atoms with van der Waals surface area (Å²) in [7, 11) is 0. The van der Waals surface area contributed by atoms with Gasteiger partial charge in [-0.3, -0.25) is 0 Å². The summed E-state index contributed by atoms with van der Waals surface area (Å²) in [6.07, 6.45) is 1.96. The molecule has 0 atom stereocenters. The molecule has 7 aromatic carbocycles. The van der Waals surface area contributed by atoms with Crippen molar-refractivity contribution in [2.24, 2.45) is 0 Å². The second-order valence-corrected chi connectivity index (χ2v) is 15.5. The van der Waals surface area contributed by atoms with Crippen molar-refractivity contribution in [2.75, 3.05) is 0 Å². The van der Waals surface area contributed by atoms with Crippen molar-refractivity contribution in [3.8, 4) is 67.9 Å². The molecule has 7 heteroatoms. The molecule has 264 valence electrons. The second-order valence-electron chi connectivity index (χ2n) is 13.3. The van der Waals surface area contributed by atoms with Gasteiger partial charge in [0.1, 0.15) is 0 Å². The molecule has 56 heavy (non-hydrogen) atoms. The van der Waals surface area contributed by atoms with Crippen LogP contribution in [0.4, 0.5) is 0 Å². The van der Waals surface area contributed by atoms with Crippen LogP contribution < -0.4 is 0 Å². The third-order valence-electron chi connectivity index (χ3n) is 9.67. The number of fused-ring (bicyclic) bond motifs is 3. The number of aromatic nitrogens is 5. The first-order valence-corrected chi connectivity index (χ1v) is 20.0. The van der Waals surface area contributed by atoms with Gasteiger partial charge in [0.15, 0.2) is 23.3 Å². The molecule has 3 heterocycles. The number of thiophene rings is 1. The van der Waals surface area contributed by atoms with Crippen LogP contribution in [0.15, 0.2) is 198 Å². The molecule has 3 aromatic heterocycles. The fourth-order valence-corrected chi connectivity index (χ4v) is 9.09. The van der Waals surface area contributed by atoms with E-state index in [1.807, 2.05) is 54.7 Å². The Morgan fingerprint density at radius 1 is 0.393 bits per heavy atom. The minimum atomic E-state index is 0.626. The molecule has 5 nitrogen and oxygen atoms in total. The average Bonchev–Trinajstić information content (AvgIpc) is 3.66. The first kappa shape index (κ1) is 33.7. The van der Waals surface area contributed by atoms with Gasteiger partial charge in [0, 0.05) is 59.1 Å². The number of hydrogen-bond acceptors (Lipinski definition) is 7. The van der Waals surface area contributed by atoms with Gasteiger partial charge < -0.3 is 0 Å². The summed E-state index contributed by atoms with van der Waals surface area (Å²) in [4.78, 5) is 27.5. The quantitative estimate of drug-likeness (QED) is 0.154. The monoisotopic (exact) mass is 753 g/mol. The van der Waals surface area contributed by atoms with E-state index in [4.69, 9.17) is 24.9 Å². The minimum absolute atomic E-state index is 0.626. The van der Waals surface area contributed by atoms with Gasteiger partial charge in [-0.05, 0) is 41.5 Å². The number of rotatable bonds is 8. The fourth-order valence-electron chi connectivity index (χ4n) is 6.93. The summed E-state index contributed by atoms with van der Waals surface area (Å²) in [6.45, 7) is 0. The SMILES string of the molecule is c1ccc(Sc2cnc(-c3cccc4c3sc3cc(-c5nc(-c6ccccc6)nc(-c6cccc(-c7ccccc7)c6)n5)ccc34)nc2-c2ccccc2)cc1. The summed E-state index contributed by atoms with van der Waals surface area (Å²) in [6, 6.07) is 62.5. The molecule has 10 aromatic rings. The van der Waals surface area contributed by atoms with Gasteiger partial charge in [-0.15, -0.1) is 11.3 Å². The lowest BCUT2D eigenvalue weighted by atomic mass is 10.0. The summed E-state index contributed by atoms with van der Waals surface area (Å²) < 4.78 is 2.28. The topological polar surface area (TPSA) is 64.5 Å². The van der Waals surface area contributed by atoms with Crippen molar-refractivity contribution in [1.82, 2.24) is 24.9 Å². The normalized spacial score (nSPS) is 11.3. The van der Waals surface area contributed by atoms with Crippen molar-refractivity contribution in [1.29, 1.82) is 0 Å². The highest BCUT2D eigenvalue weighted by Gasteiger charge is 2.18. The van der Waals surface area contributed by atoms with E-state index < -0.39 is 0 Å². The van der Waals surface area contributed by atoms with Crippen molar-refractivity contribution >= 4 is 43.3 Å². The van der Waals surface area contributed by atoms with Gasteiger partial charge in [0.2, 0.25) is 0 Å². The van der Waals surface area contributed by atoms with E-state index in [1.54, 1.807) is 23.1 Å². The molecule has 0 amide bonds. The molecule has 0 spiro atoms. The Morgan fingerprint density at radius 3 is 1.68 bits per heavy atom. The first-order chi connectivity index (χ1) is 27.7. The Hall–Kier alpha value is -6.80. The van der Waals surface area contributed by atoms with E-state index in [0.717, 1.165) is 63.8 Å². The summed E-state index contributed by atoms with van der Waals surface area (Å²) in [5, 5.41) is 2.34. The summed E-state index contributed by atoms with van der Waals surface area (Å²) >= 11 is 3.42. The molecule has 0 unspecified atom stereocenters. The summed E-state index contributed by atoms with van der Waals surface area (Å²) in [5.74, 6) is 2.59. The average molecular weight is 754 g/mol. The van der Waals surface area contributed by atoms with Crippen LogP contribution in [-0.4, -0.2) is 24.9 Å². The van der Waals surface area contributed by atoms with Crippen LogP contribution in [0.1, 0.15) is 0 Å². The van der Waals surface area contributed by atoms with Gasteiger partial charge in [-0.25, -0.2) is 24.9 Å². The predicted molar refractivity (Wildman–Crippen MR) is 231 cm³/mol. The third kappa shape index (κ3) is 6.64. The zero-order chi connectivity index (χ0) is 37.3. The first-order valence-electron chi connectivity index (χ1n) is 18.3. The Labute approximate surface area is 332 Å². The number of benzene rings is 7. The van der Waals surface area contributed by atoms with Gasteiger partial charge in [0.05, 0.1) is 10.6 Å². The van der Waals surface area contributed by atoms with Crippen LogP contribution in [0.3, 0.4) is 0 Å². The lowest BCUT2D eigenvalue weighted by Gasteiger charge is -2.11. The molecule has 10 rings (SSSR count). The molecule has 0 bridgehead atoms. The predicted octanol–water partition coefficient (Wildman–Crippen LogP) is 13.2. The van der Waals surface area contributed by atoms with Crippen molar-refractivity contribution < 1.29 is 0 Å². The van der Waals surface area contributed by atoms with E-state index >= 15 is 0 Å². The Kier molecular flexibility index (Phi) is 8.91. The van der Waals surface area contributed by atoms with Crippen LogP contribution in [0.5, 0.6) is 0 Å². The molecular weight excluding hydrogens is 723 g/mol. The summed E-state index contributed by atoms with van der Waals surface area (Å²) in [5.41, 5.74) is 8.03. The van der Waals surface area contributed by atoms with Gasteiger partial charge >= 0.3 is 0 Å². The van der Waals surface area contributed by atoms with Crippen LogP contribution in [-0.2, 0) is 0 Å². The van der Waals surface area contributed by atoms with Gasteiger partial charge in [-0.2, -0.15) is 0 Å². The van der Waals surface area contributed by atoms with Gasteiger partial charge in [-0.1, -0.05) is 163 Å². The number of hydrogen-bond donors (Lipinski definition) is 0. The maximum atomic E-state index is 5.25. The third-order valence-corrected chi connectivity index (χ3v) is 11.9. The Bertz CT molecular complexity index is 2990. The maximum absolute atomic E-state index is 5.25.